The van der Waals surface area contributed by atoms with E-state index in [1.54, 1.807) is 6.08 Å². The van der Waals surface area contributed by atoms with Gasteiger partial charge in [-0.3, -0.25) is 4.79 Å². The highest BCUT2D eigenvalue weighted by Crippen LogP contribution is 2.29. The summed E-state index contributed by atoms with van der Waals surface area (Å²) in [6.45, 7) is 4.96. The van der Waals surface area contributed by atoms with Gasteiger partial charge in [0.25, 0.3) is 0 Å². The van der Waals surface area contributed by atoms with E-state index in [1.807, 2.05) is 30.3 Å². The lowest BCUT2D eigenvalue weighted by Gasteiger charge is -2.28. The Balaban J connectivity index is 3.21. The highest BCUT2D eigenvalue weighted by molar-refractivity contribution is 5.88. The van der Waals surface area contributed by atoms with Crippen LogP contribution in [0.25, 0.3) is 0 Å². The van der Waals surface area contributed by atoms with Crippen molar-refractivity contribution in [1.82, 2.24) is 0 Å². The molecule has 1 N–H and O–H groups in total. The molecule has 0 saturated heterocycles. The molecular weight excluding hydrogens is 188 g/mol. The first-order valence-corrected chi connectivity index (χ1v) is 4.95. The number of carbonyl (C=O) groups excluding carboxylic acids is 1. The minimum atomic E-state index is -0.816. The molecule has 0 fully saturated rings. The molecule has 1 rings (SSSR count). The number of hydrogen-bond acceptors (Lipinski definition) is 2. The second kappa shape index (κ2) is 4.89. The quantitative estimate of drug-likeness (QED) is 0.746. The van der Waals surface area contributed by atoms with Crippen LogP contribution in [-0.4, -0.2) is 17.5 Å². The van der Waals surface area contributed by atoms with E-state index in [1.165, 1.54) is 6.92 Å². The molecule has 0 aromatic heterocycles. The fraction of sp³-hybridized carbons (Fsp3) is 0.308. The maximum atomic E-state index is 11.7. The summed E-state index contributed by atoms with van der Waals surface area (Å²) in [5.74, 6) is -0.0314. The number of aliphatic hydroxyl groups is 1. The van der Waals surface area contributed by atoms with Crippen molar-refractivity contribution >= 4 is 5.78 Å². The summed E-state index contributed by atoms with van der Waals surface area (Å²) < 4.78 is 0. The molecule has 2 heteroatoms. The van der Waals surface area contributed by atoms with E-state index < -0.39 is 5.41 Å². The van der Waals surface area contributed by atoms with E-state index in [0.29, 0.717) is 6.42 Å². The van der Waals surface area contributed by atoms with E-state index in [4.69, 9.17) is 0 Å². The van der Waals surface area contributed by atoms with E-state index >= 15 is 0 Å². The summed E-state index contributed by atoms with van der Waals surface area (Å²) in [7, 11) is 0. The van der Waals surface area contributed by atoms with E-state index in [0.717, 1.165) is 5.56 Å². The van der Waals surface area contributed by atoms with E-state index in [9.17, 15) is 9.90 Å². The highest BCUT2D eigenvalue weighted by Gasteiger charge is 2.35. The minimum Gasteiger partial charge on any atom is -0.395 e. The standard InChI is InChI=1S/C13H16O2/c1-3-9-13(10-14,11(2)15)12-7-5-4-6-8-12/h3-8,14H,1,9-10H2,2H3. The molecule has 1 unspecified atom stereocenters. The molecule has 0 aliphatic rings. The van der Waals surface area contributed by atoms with Gasteiger partial charge in [0.2, 0.25) is 0 Å². The lowest BCUT2D eigenvalue weighted by Crippen LogP contribution is -2.37. The van der Waals surface area contributed by atoms with Gasteiger partial charge in [-0.25, -0.2) is 0 Å². The Kier molecular flexibility index (Phi) is 3.81. The van der Waals surface area contributed by atoms with Crippen molar-refractivity contribution in [3.05, 3.63) is 48.6 Å². The van der Waals surface area contributed by atoms with Crippen molar-refractivity contribution in [2.45, 2.75) is 18.8 Å². The van der Waals surface area contributed by atoms with Crippen molar-refractivity contribution in [2.24, 2.45) is 0 Å². The molecule has 1 atom stereocenters. The van der Waals surface area contributed by atoms with Crippen molar-refractivity contribution in [2.75, 3.05) is 6.61 Å². The van der Waals surface area contributed by atoms with Gasteiger partial charge in [0, 0.05) is 0 Å². The Bertz CT molecular complexity index is 343. The Morgan fingerprint density at radius 1 is 1.47 bits per heavy atom. The molecule has 0 saturated carbocycles. The number of rotatable bonds is 5. The number of benzene rings is 1. The zero-order chi connectivity index (χ0) is 11.3. The van der Waals surface area contributed by atoms with Gasteiger partial charge in [-0.2, -0.15) is 0 Å². The molecule has 0 bridgehead atoms. The molecule has 0 amide bonds. The number of allylic oxidation sites excluding steroid dienone is 1. The van der Waals surface area contributed by atoms with Gasteiger partial charge >= 0.3 is 0 Å². The first kappa shape index (κ1) is 11.7. The third kappa shape index (κ3) is 2.16. The third-order valence-corrected chi connectivity index (χ3v) is 2.76. The molecule has 2 nitrogen and oxygen atoms in total. The van der Waals surface area contributed by atoms with Crippen LogP contribution in [0.1, 0.15) is 18.9 Å². The van der Waals surface area contributed by atoms with E-state index in [2.05, 4.69) is 6.58 Å². The fourth-order valence-electron chi connectivity index (χ4n) is 1.74. The average Bonchev–Trinajstić information content (AvgIpc) is 2.26. The van der Waals surface area contributed by atoms with Gasteiger partial charge < -0.3 is 5.11 Å². The van der Waals surface area contributed by atoms with Gasteiger partial charge in [-0.15, -0.1) is 6.58 Å². The van der Waals surface area contributed by atoms with Crippen LogP contribution in [0.3, 0.4) is 0 Å². The van der Waals surface area contributed by atoms with Crippen LogP contribution in [0.2, 0.25) is 0 Å². The lowest BCUT2D eigenvalue weighted by atomic mass is 9.75. The molecule has 0 aliphatic heterocycles. The van der Waals surface area contributed by atoms with Crippen LogP contribution in [0, 0.1) is 0 Å². The van der Waals surface area contributed by atoms with Crippen molar-refractivity contribution in [1.29, 1.82) is 0 Å². The average molecular weight is 204 g/mol. The molecule has 1 aromatic carbocycles. The first-order chi connectivity index (χ1) is 7.17. The Labute approximate surface area is 90.3 Å². The maximum Gasteiger partial charge on any atom is 0.142 e. The topological polar surface area (TPSA) is 37.3 Å². The SMILES string of the molecule is C=CCC(CO)(C(C)=O)c1ccccc1. The van der Waals surface area contributed by atoms with Gasteiger partial charge in [0.05, 0.1) is 12.0 Å². The van der Waals surface area contributed by atoms with Crippen molar-refractivity contribution < 1.29 is 9.90 Å². The van der Waals surface area contributed by atoms with Crippen LogP contribution < -0.4 is 0 Å². The van der Waals surface area contributed by atoms with Gasteiger partial charge in [-0.1, -0.05) is 36.4 Å². The van der Waals surface area contributed by atoms with Gasteiger partial charge in [-0.05, 0) is 18.9 Å². The molecular formula is C13H16O2. The second-order valence-corrected chi connectivity index (χ2v) is 3.66. The zero-order valence-corrected chi connectivity index (χ0v) is 8.94. The second-order valence-electron chi connectivity index (χ2n) is 3.66. The van der Waals surface area contributed by atoms with Gasteiger partial charge in [0.15, 0.2) is 0 Å². The molecule has 0 aliphatic carbocycles. The van der Waals surface area contributed by atoms with Crippen molar-refractivity contribution in [3.8, 4) is 0 Å². The number of aliphatic hydroxyl groups excluding tert-OH is 1. The lowest BCUT2D eigenvalue weighted by molar-refractivity contribution is -0.123. The van der Waals surface area contributed by atoms with Crippen molar-refractivity contribution in [3.63, 3.8) is 0 Å². The normalized spacial score (nSPS) is 14.3. The highest BCUT2D eigenvalue weighted by atomic mass is 16.3. The number of carbonyl (C=O) groups is 1. The largest absolute Gasteiger partial charge is 0.395 e. The molecule has 15 heavy (non-hydrogen) atoms. The summed E-state index contributed by atoms with van der Waals surface area (Å²) >= 11 is 0. The van der Waals surface area contributed by atoms with Crippen LogP contribution in [0.15, 0.2) is 43.0 Å². The summed E-state index contributed by atoms with van der Waals surface area (Å²) in [5, 5.41) is 9.46. The van der Waals surface area contributed by atoms with Crippen LogP contribution in [0.4, 0.5) is 0 Å². The number of ketones is 1. The Morgan fingerprint density at radius 3 is 2.47 bits per heavy atom. The summed E-state index contributed by atoms with van der Waals surface area (Å²) in [6.07, 6.45) is 2.13. The van der Waals surface area contributed by atoms with E-state index in [-0.39, 0.29) is 12.4 Å². The first-order valence-electron chi connectivity index (χ1n) is 4.95. The van der Waals surface area contributed by atoms with Crippen LogP contribution >= 0.6 is 0 Å². The predicted molar refractivity (Wildman–Crippen MR) is 60.7 cm³/mol. The predicted octanol–water partition coefficient (Wildman–Crippen LogP) is 2.08. The summed E-state index contributed by atoms with van der Waals surface area (Å²) in [4.78, 5) is 11.7. The zero-order valence-electron chi connectivity index (χ0n) is 8.94. The van der Waals surface area contributed by atoms with Crippen LogP contribution in [0.5, 0.6) is 0 Å². The minimum absolute atomic E-state index is 0.0314. The van der Waals surface area contributed by atoms with Gasteiger partial charge in [0.1, 0.15) is 5.78 Å². The maximum absolute atomic E-state index is 11.7. The smallest absolute Gasteiger partial charge is 0.142 e. The Morgan fingerprint density at radius 2 is 2.07 bits per heavy atom. The fourth-order valence-corrected chi connectivity index (χ4v) is 1.74. The number of Topliss-reactive ketones (excluding diaryl/α,β-unsaturated/α-hetero) is 1. The monoisotopic (exact) mass is 204 g/mol. The molecule has 80 valence electrons. The van der Waals surface area contributed by atoms with Crippen LogP contribution in [-0.2, 0) is 10.2 Å². The summed E-state index contributed by atoms with van der Waals surface area (Å²) in [5.41, 5.74) is 0.0307. The molecule has 0 heterocycles. The molecule has 0 radical (unpaired) electrons. The molecule has 0 spiro atoms. The summed E-state index contributed by atoms with van der Waals surface area (Å²) in [6, 6.07) is 9.35. The third-order valence-electron chi connectivity index (χ3n) is 2.76. The number of hydrogen-bond donors (Lipinski definition) is 1. The Hall–Kier alpha value is -1.41. The molecule has 1 aromatic rings.